The van der Waals surface area contributed by atoms with Crippen LogP contribution in [0, 0.1) is 0 Å². The Morgan fingerprint density at radius 1 is 1.36 bits per heavy atom. The fraction of sp³-hybridized carbons (Fsp3) is 0.500. The Balaban J connectivity index is 1.84. The van der Waals surface area contributed by atoms with E-state index >= 15 is 0 Å². The summed E-state index contributed by atoms with van der Waals surface area (Å²) in [6.45, 7) is 6.36. The van der Waals surface area contributed by atoms with E-state index in [1.165, 1.54) is 0 Å². The van der Waals surface area contributed by atoms with E-state index in [0.717, 1.165) is 16.9 Å². The predicted molar refractivity (Wildman–Crippen MR) is 84.1 cm³/mol. The van der Waals surface area contributed by atoms with Crippen LogP contribution in [0.15, 0.2) is 18.2 Å². The third kappa shape index (κ3) is 2.38. The minimum absolute atomic E-state index is 0.0625. The Kier molecular flexibility index (Phi) is 3.27. The van der Waals surface area contributed by atoms with E-state index in [9.17, 15) is 9.59 Å². The van der Waals surface area contributed by atoms with Crippen molar-refractivity contribution in [2.24, 2.45) is 0 Å². The van der Waals surface area contributed by atoms with Crippen molar-refractivity contribution in [2.75, 3.05) is 23.7 Å². The summed E-state index contributed by atoms with van der Waals surface area (Å²) in [7, 11) is 0. The molecule has 2 aliphatic heterocycles. The number of rotatable bonds is 2. The van der Waals surface area contributed by atoms with Crippen molar-refractivity contribution in [3.8, 4) is 0 Å². The number of nitrogens with one attached hydrogen (secondary N) is 3. The number of hydrogen-bond donors (Lipinski definition) is 3. The lowest BCUT2D eigenvalue weighted by molar-refractivity contribution is -0.120. The maximum absolute atomic E-state index is 12.5. The van der Waals surface area contributed by atoms with Crippen molar-refractivity contribution in [1.82, 2.24) is 5.32 Å². The Morgan fingerprint density at radius 3 is 2.82 bits per heavy atom. The zero-order chi connectivity index (χ0) is 16.0. The Morgan fingerprint density at radius 2 is 2.09 bits per heavy atom. The number of carbonyl (C=O) groups is 2. The lowest BCUT2D eigenvalue weighted by atomic mass is 9.75. The molecule has 2 heterocycles. The maximum atomic E-state index is 12.5. The minimum atomic E-state index is -0.714. The molecule has 3 rings (SSSR count). The van der Waals surface area contributed by atoms with E-state index < -0.39 is 17.1 Å². The molecule has 0 saturated heterocycles. The Bertz CT molecular complexity index is 636. The molecule has 1 aromatic carbocycles. The number of hydrogen-bond acceptors (Lipinski definition) is 4. The molecule has 0 saturated carbocycles. The van der Waals surface area contributed by atoms with E-state index in [2.05, 4.69) is 16.0 Å². The molecule has 118 valence electrons. The van der Waals surface area contributed by atoms with Crippen molar-refractivity contribution in [3.05, 3.63) is 23.8 Å². The van der Waals surface area contributed by atoms with Crippen molar-refractivity contribution >= 4 is 23.4 Å². The monoisotopic (exact) mass is 303 g/mol. The highest BCUT2D eigenvalue weighted by molar-refractivity contribution is 6.09. The fourth-order valence-electron chi connectivity index (χ4n) is 3.12. The molecule has 3 N–H and O–H groups in total. The molecule has 1 unspecified atom stereocenters. The van der Waals surface area contributed by atoms with Crippen LogP contribution in [0.25, 0.3) is 0 Å². The van der Waals surface area contributed by atoms with Crippen molar-refractivity contribution in [3.63, 3.8) is 0 Å². The van der Waals surface area contributed by atoms with Gasteiger partial charge in [0.05, 0.1) is 5.41 Å². The van der Waals surface area contributed by atoms with E-state index in [1.807, 2.05) is 39.0 Å². The summed E-state index contributed by atoms with van der Waals surface area (Å²) < 4.78 is 5.26. The highest BCUT2D eigenvalue weighted by Crippen LogP contribution is 2.46. The van der Waals surface area contributed by atoms with Gasteiger partial charge in [0.2, 0.25) is 5.91 Å². The van der Waals surface area contributed by atoms with Gasteiger partial charge in [0, 0.05) is 30.0 Å². The molecule has 0 fully saturated rings. The lowest BCUT2D eigenvalue weighted by Crippen LogP contribution is -2.49. The van der Waals surface area contributed by atoms with Crippen LogP contribution in [-0.2, 0) is 14.9 Å². The van der Waals surface area contributed by atoms with Crippen LogP contribution in [0.1, 0.15) is 32.8 Å². The summed E-state index contributed by atoms with van der Waals surface area (Å²) >= 11 is 0. The number of benzene rings is 1. The lowest BCUT2D eigenvalue weighted by Gasteiger charge is -2.34. The average Bonchev–Trinajstić information content (AvgIpc) is 2.71. The molecule has 1 atom stereocenters. The molecule has 2 amide bonds. The first-order valence-corrected chi connectivity index (χ1v) is 7.47. The van der Waals surface area contributed by atoms with Gasteiger partial charge in [-0.3, -0.25) is 4.79 Å². The number of carbonyl (C=O) groups excluding carboxylic acids is 2. The normalized spacial score (nSPS) is 22.4. The molecule has 0 radical (unpaired) electrons. The van der Waals surface area contributed by atoms with Gasteiger partial charge in [-0.2, -0.15) is 0 Å². The highest BCUT2D eigenvalue weighted by atomic mass is 16.6. The topological polar surface area (TPSA) is 79.5 Å². The second-order valence-corrected chi connectivity index (χ2v) is 6.80. The quantitative estimate of drug-likeness (QED) is 0.782. The zero-order valence-corrected chi connectivity index (χ0v) is 13.1. The Labute approximate surface area is 129 Å². The van der Waals surface area contributed by atoms with E-state index in [0.29, 0.717) is 13.0 Å². The van der Waals surface area contributed by atoms with Crippen LogP contribution in [0.5, 0.6) is 0 Å². The SMILES string of the molecule is CC(C)(C)OC(=O)NCC12CCNc3cccc(c31)NC2=O. The van der Waals surface area contributed by atoms with Crippen molar-refractivity contribution in [2.45, 2.75) is 38.2 Å². The molecule has 6 nitrogen and oxygen atoms in total. The van der Waals surface area contributed by atoms with Crippen LogP contribution in [0.4, 0.5) is 16.2 Å². The summed E-state index contributed by atoms with van der Waals surface area (Å²) in [5, 5.41) is 8.99. The highest BCUT2D eigenvalue weighted by Gasteiger charge is 2.50. The summed E-state index contributed by atoms with van der Waals surface area (Å²) in [5.74, 6) is -0.0625. The molecule has 0 aliphatic carbocycles. The van der Waals surface area contributed by atoms with Gasteiger partial charge in [-0.1, -0.05) is 6.07 Å². The van der Waals surface area contributed by atoms with Gasteiger partial charge in [-0.15, -0.1) is 0 Å². The second-order valence-electron chi connectivity index (χ2n) is 6.80. The van der Waals surface area contributed by atoms with Crippen LogP contribution < -0.4 is 16.0 Å². The third-order valence-corrected chi connectivity index (χ3v) is 4.03. The first-order valence-electron chi connectivity index (χ1n) is 7.47. The molecular weight excluding hydrogens is 282 g/mol. The average molecular weight is 303 g/mol. The number of alkyl carbamates (subject to hydrolysis) is 1. The zero-order valence-electron chi connectivity index (χ0n) is 13.1. The third-order valence-electron chi connectivity index (χ3n) is 4.03. The van der Waals surface area contributed by atoms with Crippen LogP contribution in [0.3, 0.4) is 0 Å². The molecule has 0 spiro atoms. The molecule has 0 bridgehead atoms. The molecule has 6 heteroatoms. The van der Waals surface area contributed by atoms with Crippen molar-refractivity contribution in [1.29, 1.82) is 0 Å². The number of ether oxygens (including phenoxy) is 1. The van der Waals surface area contributed by atoms with Crippen LogP contribution in [-0.4, -0.2) is 30.7 Å². The first-order chi connectivity index (χ1) is 10.3. The predicted octanol–water partition coefficient (Wildman–Crippen LogP) is 2.22. The molecule has 0 aromatic heterocycles. The van der Waals surface area contributed by atoms with Gasteiger partial charge < -0.3 is 20.7 Å². The van der Waals surface area contributed by atoms with Gasteiger partial charge in [0.1, 0.15) is 5.60 Å². The van der Waals surface area contributed by atoms with Gasteiger partial charge in [-0.05, 0) is 39.3 Å². The standard InChI is InChI=1S/C16H21N3O3/c1-15(2,3)22-14(21)18-9-16-7-8-17-10-5-4-6-11(12(10)16)19-13(16)20/h4-6,17H,7-9H2,1-3H3,(H,18,21)(H,19,20). The van der Waals surface area contributed by atoms with Crippen LogP contribution >= 0.6 is 0 Å². The molecule has 22 heavy (non-hydrogen) atoms. The first kappa shape index (κ1) is 14.7. The summed E-state index contributed by atoms with van der Waals surface area (Å²) in [4.78, 5) is 24.5. The van der Waals surface area contributed by atoms with E-state index in [4.69, 9.17) is 4.74 Å². The second kappa shape index (κ2) is 4.90. The van der Waals surface area contributed by atoms with Crippen molar-refractivity contribution < 1.29 is 14.3 Å². The fourth-order valence-corrected chi connectivity index (χ4v) is 3.12. The summed E-state index contributed by atoms with van der Waals surface area (Å²) in [5.41, 5.74) is 1.45. The van der Waals surface area contributed by atoms with Gasteiger partial charge in [0.25, 0.3) is 0 Å². The van der Waals surface area contributed by atoms with Crippen LogP contribution in [0.2, 0.25) is 0 Å². The maximum Gasteiger partial charge on any atom is 0.407 e. The van der Waals surface area contributed by atoms with Gasteiger partial charge >= 0.3 is 6.09 Å². The number of anilines is 2. The minimum Gasteiger partial charge on any atom is -0.444 e. The molecular formula is C16H21N3O3. The summed E-state index contributed by atoms with van der Waals surface area (Å²) in [6, 6.07) is 5.75. The van der Waals surface area contributed by atoms with Gasteiger partial charge in [-0.25, -0.2) is 4.79 Å². The number of amides is 2. The molecule has 2 aliphatic rings. The van der Waals surface area contributed by atoms with E-state index in [-0.39, 0.29) is 12.5 Å². The smallest absolute Gasteiger partial charge is 0.407 e. The molecule has 1 aromatic rings. The Hall–Kier alpha value is -2.24. The van der Waals surface area contributed by atoms with Gasteiger partial charge in [0.15, 0.2) is 0 Å². The summed E-state index contributed by atoms with van der Waals surface area (Å²) in [6.07, 6.45) is 0.137. The largest absolute Gasteiger partial charge is 0.444 e. The van der Waals surface area contributed by atoms with E-state index in [1.54, 1.807) is 0 Å².